The normalized spacial score (nSPS) is 22.1. The molecule has 20 heavy (non-hydrogen) atoms. The molecule has 2 amide bonds. The van der Waals surface area contributed by atoms with E-state index in [1.54, 1.807) is 24.3 Å². The summed E-state index contributed by atoms with van der Waals surface area (Å²) in [7, 11) is 0. The molecule has 0 aliphatic heterocycles. The zero-order valence-electron chi connectivity index (χ0n) is 11.7. The van der Waals surface area contributed by atoms with Gasteiger partial charge in [0, 0.05) is 30.3 Å². The summed E-state index contributed by atoms with van der Waals surface area (Å²) in [4.78, 5) is 23.0. The topological polar surface area (TPSA) is 84.2 Å². The first-order chi connectivity index (χ1) is 9.54. The molecule has 1 aromatic rings. The Morgan fingerprint density at radius 3 is 2.00 bits per heavy atom. The molecule has 1 aliphatic carbocycles. The van der Waals surface area contributed by atoms with Crippen LogP contribution in [0.25, 0.3) is 0 Å². The number of anilines is 2. The van der Waals surface area contributed by atoms with Gasteiger partial charge in [-0.15, -0.1) is 0 Å². The predicted molar refractivity (Wildman–Crippen MR) is 79.3 cm³/mol. The first-order valence-corrected chi connectivity index (χ1v) is 6.98. The van der Waals surface area contributed by atoms with E-state index in [2.05, 4.69) is 10.6 Å². The summed E-state index contributed by atoms with van der Waals surface area (Å²) in [5, 5.41) is 5.60. The second kappa shape index (κ2) is 6.52. The largest absolute Gasteiger partial charge is 0.328 e. The van der Waals surface area contributed by atoms with Crippen molar-refractivity contribution < 1.29 is 9.59 Å². The summed E-state index contributed by atoms with van der Waals surface area (Å²) < 4.78 is 0. The van der Waals surface area contributed by atoms with Gasteiger partial charge >= 0.3 is 0 Å². The Morgan fingerprint density at radius 1 is 1.00 bits per heavy atom. The predicted octanol–water partition coefficient (Wildman–Crippen LogP) is 2.10. The van der Waals surface area contributed by atoms with Gasteiger partial charge in [-0.05, 0) is 49.9 Å². The molecule has 0 heterocycles. The number of carbonyl (C=O) groups excluding carboxylic acids is 2. The molecule has 0 unspecified atom stereocenters. The molecule has 108 valence electrons. The van der Waals surface area contributed by atoms with Crippen molar-refractivity contribution in [2.75, 3.05) is 10.6 Å². The highest BCUT2D eigenvalue weighted by Crippen LogP contribution is 2.24. The summed E-state index contributed by atoms with van der Waals surface area (Å²) in [5.41, 5.74) is 7.31. The van der Waals surface area contributed by atoms with E-state index < -0.39 is 0 Å². The number of nitrogens with two attached hydrogens (primary N) is 1. The molecular weight excluding hydrogens is 254 g/mol. The van der Waals surface area contributed by atoms with Crippen molar-refractivity contribution in [2.45, 2.75) is 38.6 Å². The van der Waals surface area contributed by atoms with Crippen LogP contribution < -0.4 is 16.4 Å². The number of hydrogen-bond acceptors (Lipinski definition) is 3. The minimum atomic E-state index is -0.111. The van der Waals surface area contributed by atoms with Crippen LogP contribution in [-0.2, 0) is 9.59 Å². The zero-order valence-corrected chi connectivity index (χ0v) is 11.7. The molecule has 1 aromatic carbocycles. The third kappa shape index (κ3) is 4.06. The average molecular weight is 275 g/mol. The Hall–Kier alpha value is -1.88. The Bertz CT molecular complexity index is 476. The molecule has 0 radical (unpaired) electrons. The summed E-state index contributed by atoms with van der Waals surface area (Å²) in [6.45, 7) is 1.46. The molecule has 5 heteroatoms. The van der Waals surface area contributed by atoms with Crippen LogP contribution in [0.4, 0.5) is 11.4 Å². The van der Waals surface area contributed by atoms with Crippen LogP contribution in [0.15, 0.2) is 24.3 Å². The number of benzene rings is 1. The van der Waals surface area contributed by atoms with Gasteiger partial charge in [0.2, 0.25) is 11.8 Å². The summed E-state index contributed by atoms with van der Waals surface area (Å²) >= 11 is 0. The highest BCUT2D eigenvalue weighted by Gasteiger charge is 2.24. The number of amides is 2. The molecular formula is C15H21N3O2. The van der Waals surface area contributed by atoms with Gasteiger partial charge < -0.3 is 16.4 Å². The molecule has 0 saturated heterocycles. The van der Waals surface area contributed by atoms with Gasteiger partial charge in [-0.1, -0.05) is 0 Å². The Labute approximate surface area is 118 Å². The summed E-state index contributed by atoms with van der Waals surface area (Å²) in [6, 6.07) is 7.37. The highest BCUT2D eigenvalue weighted by atomic mass is 16.2. The van der Waals surface area contributed by atoms with Gasteiger partial charge in [0.25, 0.3) is 0 Å². The number of carbonyl (C=O) groups is 2. The van der Waals surface area contributed by atoms with Crippen molar-refractivity contribution in [3.05, 3.63) is 24.3 Å². The molecule has 0 spiro atoms. The molecule has 2 rings (SSSR count). The zero-order chi connectivity index (χ0) is 14.5. The molecule has 0 bridgehead atoms. The van der Waals surface area contributed by atoms with Crippen molar-refractivity contribution in [1.29, 1.82) is 0 Å². The minimum absolute atomic E-state index is 0.0594. The highest BCUT2D eigenvalue weighted by molar-refractivity contribution is 5.93. The van der Waals surface area contributed by atoms with E-state index in [1.807, 2.05) is 0 Å². The third-order valence-corrected chi connectivity index (χ3v) is 3.62. The van der Waals surface area contributed by atoms with Gasteiger partial charge in [-0.25, -0.2) is 0 Å². The lowest BCUT2D eigenvalue weighted by Crippen LogP contribution is -2.32. The van der Waals surface area contributed by atoms with Crippen LogP contribution in [-0.4, -0.2) is 17.9 Å². The molecule has 1 fully saturated rings. The van der Waals surface area contributed by atoms with E-state index in [9.17, 15) is 9.59 Å². The number of hydrogen-bond donors (Lipinski definition) is 3. The number of nitrogens with one attached hydrogen (secondary N) is 2. The maximum atomic E-state index is 12.1. The molecule has 0 atom stereocenters. The smallest absolute Gasteiger partial charge is 0.227 e. The molecule has 5 nitrogen and oxygen atoms in total. The van der Waals surface area contributed by atoms with Crippen LogP contribution in [0.3, 0.4) is 0 Å². The summed E-state index contributed by atoms with van der Waals surface area (Å²) in [5.74, 6) is 0.00864. The molecule has 1 aliphatic rings. The van der Waals surface area contributed by atoms with Gasteiger partial charge in [-0.3, -0.25) is 9.59 Å². The van der Waals surface area contributed by atoms with E-state index in [0.29, 0.717) is 0 Å². The van der Waals surface area contributed by atoms with Gasteiger partial charge in [0.15, 0.2) is 0 Å². The SMILES string of the molecule is CC(=O)Nc1ccc(NC(=O)C2CCC(N)CC2)cc1. The fourth-order valence-corrected chi connectivity index (χ4v) is 2.47. The van der Waals surface area contributed by atoms with E-state index in [4.69, 9.17) is 5.73 Å². The Kier molecular flexibility index (Phi) is 4.74. The monoisotopic (exact) mass is 275 g/mol. The van der Waals surface area contributed by atoms with E-state index in [-0.39, 0.29) is 23.8 Å². The first kappa shape index (κ1) is 14.5. The molecule has 1 saturated carbocycles. The van der Waals surface area contributed by atoms with E-state index in [1.165, 1.54) is 6.92 Å². The Morgan fingerprint density at radius 2 is 1.50 bits per heavy atom. The fourth-order valence-electron chi connectivity index (χ4n) is 2.47. The second-order valence-electron chi connectivity index (χ2n) is 5.36. The van der Waals surface area contributed by atoms with Crippen molar-refractivity contribution in [3.63, 3.8) is 0 Å². The van der Waals surface area contributed by atoms with Crippen LogP contribution in [0, 0.1) is 5.92 Å². The van der Waals surface area contributed by atoms with Crippen molar-refractivity contribution in [3.8, 4) is 0 Å². The first-order valence-electron chi connectivity index (χ1n) is 6.98. The van der Waals surface area contributed by atoms with E-state index in [0.717, 1.165) is 37.1 Å². The average Bonchev–Trinajstić information content (AvgIpc) is 2.41. The van der Waals surface area contributed by atoms with Crippen LogP contribution in [0.2, 0.25) is 0 Å². The lowest BCUT2D eigenvalue weighted by Gasteiger charge is -2.25. The third-order valence-electron chi connectivity index (χ3n) is 3.62. The molecule has 4 N–H and O–H groups in total. The van der Waals surface area contributed by atoms with Gasteiger partial charge in [0.05, 0.1) is 0 Å². The van der Waals surface area contributed by atoms with Crippen molar-refractivity contribution in [1.82, 2.24) is 0 Å². The van der Waals surface area contributed by atoms with Crippen molar-refractivity contribution >= 4 is 23.2 Å². The second-order valence-corrected chi connectivity index (χ2v) is 5.36. The van der Waals surface area contributed by atoms with Crippen LogP contribution in [0.5, 0.6) is 0 Å². The lowest BCUT2D eigenvalue weighted by atomic mass is 9.86. The van der Waals surface area contributed by atoms with Crippen LogP contribution in [0.1, 0.15) is 32.6 Å². The van der Waals surface area contributed by atoms with Crippen LogP contribution >= 0.6 is 0 Å². The minimum Gasteiger partial charge on any atom is -0.328 e. The maximum Gasteiger partial charge on any atom is 0.227 e. The lowest BCUT2D eigenvalue weighted by molar-refractivity contribution is -0.120. The molecule has 0 aromatic heterocycles. The fraction of sp³-hybridized carbons (Fsp3) is 0.467. The van der Waals surface area contributed by atoms with Gasteiger partial charge in [0.1, 0.15) is 0 Å². The van der Waals surface area contributed by atoms with Crippen molar-refractivity contribution in [2.24, 2.45) is 11.7 Å². The number of rotatable bonds is 3. The van der Waals surface area contributed by atoms with E-state index >= 15 is 0 Å². The van der Waals surface area contributed by atoms with Gasteiger partial charge in [-0.2, -0.15) is 0 Å². The maximum absolute atomic E-state index is 12.1. The standard InChI is InChI=1S/C15H21N3O2/c1-10(19)17-13-6-8-14(9-7-13)18-15(20)11-2-4-12(16)5-3-11/h6-9,11-12H,2-5,16H2,1H3,(H,17,19)(H,18,20). The summed E-state index contributed by atoms with van der Waals surface area (Å²) in [6.07, 6.45) is 3.55. The quantitative estimate of drug-likeness (QED) is 0.789. The Balaban J connectivity index is 1.89.